The third kappa shape index (κ3) is 4.05. The van der Waals surface area contributed by atoms with Crippen LogP contribution < -0.4 is 0 Å². The summed E-state index contributed by atoms with van der Waals surface area (Å²) in [6.07, 6.45) is 13.2. The fourth-order valence-electron chi connectivity index (χ4n) is 9.86. The molecule has 0 amide bonds. The van der Waals surface area contributed by atoms with Gasteiger partial charge in [0, 0.05) is 0 Å². The van der Waals surface area contributed by atoms with Crippen LogP contribution in [-0.4, -0.2) is 22.4 Å². The van der Waals surface area contributed by atoms with Crippen molar-refractivity contribution in [2.24, 2.45) is 58.2 Å². The molecule has 31 heavy (non-hydrogen) atoms. The summed E-state index contributed by atoms with van der Waals surface area (Å²) in [5.74, 6) is 5.75. The average molecular weight is 433 g/mol. The van der Waals surface area contributed by atoms with Crippen molar-refractivity contribution >= 4 is 0 Å². The molecule has 3 unspecified atom stereocenters. The molecule has 4 saturated carbocycles. The molecule has 2 heteroatoms. The lowest BCUT2D eigenvalue weighted by molar-refractivity contribution is -0.174. The Kier molecular flexibility index (Phi) is 6.93. The summed E-state index contributed by atoms with van der Waals surface area (Å²) in [5.41, 5.74) is 0.776. The van der Waals surface area contributed by atoms with Gasteiger partial charge in [-0.25, -0.2) is 0 Å². The first-order valence-electron chi connectivity index (χ1n) is 14.0. The number of fused-ring (bicyclic) bond motifs is 5. The van der Waals surface area contributed by atoms with Crippen LogP contribution >= 0.6 is 0 Å². The zero-order valence-corrected chi connectivity index (χ0v) is 21.4. The van der Waals surface area contributed by atoms with Crippen molar-refractivity contribution in [3.63, 3.8) is 0 Å². The molecule has 2 N–H and O–H groups in total. The highest BCUT2D eigenvalue weighted by Gasteiger charge is 2.62. The standard InChI is InChI=1S/C29H52O2/c1-7-20(18(2)3)9-8-19(4)23-10-11-24-27-25(13-15-29(23,24)6)28(5)14-12-22(30)16-21(28)17-26(27)31/h18-27,30-31H,7-17H2,1-6H3/t19-,20-,21+,22+,23-,24?,25?,26?,27+,28+,29-/m1/s1. The van der Waals surface area contributed by atoms with Crippen LogP contribution in [0.1, 0.15) is 112 Å². The summed E-state index contributed by atoms with van der Waals surface area (Å²) >= 11 is 0. The molecule has 0 saturated heterocycles. The van der Waals surface area contributed by atoms with Gasteiger partial charge in [-0.15, -0.1) is 0 Å². The smallest absolute Gasteiger partial charge is 0.0577 e. The lowest BCUT2D eigenvalue weighted by atomic mass is 9.43. The Labute approximate surface area is 193 Å². The van der Waals surface area contributed by atoms with Gasteiger partial charge in [-0.1, -0.05) is 54.4 Å². The first-order valence-corrected chi connectivity index (χ1v) is 14.0. The van der Waals surface area contributed by atoms with Gasteiger partial charge in [0.1, 0.15) is 0 Å². The summed E-state index contributed by atoms with van der Waals surface area (Å²) < 4.78 is 0. The van der Waals surface area contributed by atoms with E-state index in [1.54, 1.807) is 0 Å². The second-order valence-electron chi connectivity index (χ2n) is 13.4. The Morgan fingerprint density at radius 3 is 2.19 bits per heavy atom. The second-order valence-corrected chi connectivity index (χ2v) is 13.4. The molecular weight excluding hydrogens is 380 g/mol. The molecule has 0 aromatic carbocycles. The van der Waals surface area contributed by atoms with E-state index in [1.165, 1.54) is 51.4 Å². The minimum Gasteiger partial charge on any atom is -0.393 e. The third-order valence-electron chi connectivity index (χ3n) is 11.9. The predicted octanol–water partition coefficient (Wildman–Crippen LogP) is 7.08. The fourth-order valence-corrected chi connectivity index (χ4v) is 9.86. The van der Waals surface area contributed by atoms with Crippen molar-refractivity contribution in [2.45, 2.75) is 124 Å². The van der Waals surface area contributed by atoms with Gasteiger partial charge < -0.3 is 10.2 Å². The van der Waals surface area contributed by atoms with Crippen LogP contribution in [0.5, 0.6) is 0 Å². The van der Waals surface area contributed by atoms with Crippen LogP contribution in [-0.2, 0) is 0 Å². The minimum atomic E-state index is -0.141. The number of rotatable bonds is 6. The molecule has 0 aromatic rings. The van der Waals surface area contributed by atoms with Crippen LogP contribution in [0.15, 0.2) is 0 Å². The molecule has 0 bridgehead atoms. The molecule has 4 rings (SSSR count). The molecule has 11 atom stereocenters. The van der Waals surface area contributed by atoms with E-state index in [0.717, 1.165) is 42.9 Å². The van der Waals surface area contributed by atoms with E-state index in [-0.39, 0.29) is 12.2 Å². The number of aliphatic hydroxyl groups is 2. The van der Waals surface area contributed by atoms with E-state index < -0.39 is 0 Å². The molecule has 0 aliphatic heterocycles. The molecule has 4 aliphatic rings. The van der Waals surface area contributed by atoms with Crippen LogP contribution in [0.4, 0.5) is 0 Å². The molecule has 180 valence electrons. The normalized spacial score (nSPS) is 49.3. The zero-order valence-electron chi connectivity index (χ0n) is 21.4. The van der Waals surface area contributed by atoms with Gasteiger partial charge in [-0.05, 0) is 116 Å². The van der Waals surface area contributed by atoms with E-state index in [9.17, 15) is 10.2 Å². The van der Waals surface area contributed by atoms with Gasteiger partial charge in [0.05, 0.1) is 12.2 Å². The van der Waals surface area contributed by atoms with Crippen molar-refractivity contribution in [1.82, 2.24) is 0 Å². The number of hydrogen-bond acceptors (Lipinski definition) is 2. The van der Waals surface area contributed by atoms with Crippen LogP contribution in [0.3, 0.4) is 0 Å². The first kappa shape index (κ1) is 24.1. The van der Waals surface area contributed by atoms with Crippen molar-refractivity contribution in [1.29, 1.82) is 0 Å². The Bertz CT molecular complexity index is 616. The van der Waals surface area contributed by atoms with Crippen molar-refractivity contribution in [3.8, 4) is 0 Å². The number of hydrogen-bond donors (Lipinski definition) is 2. The Morgan fingerprint density at radius 2 is 1.52 bits per heavy atom. The maximum absolute atomic E-state index is 11.4. The van der Waals surface area contributed by atoms with Crippen molar-refractivity contribution in [2.75, 3.05) is 0 Å². The maximum Gasteiger partial charge on any atom is 0.0577 e. The molecular formula is C29H52O2. The maximum atomic E-state index is 11.4. The van der Waals surface area contributed by atoms with Crippen LogP contribution in [0.25, 0.3) is 0 Å². The largest absolute Gasteiger partial charge is 0.393 e. The van der Waals surface area contributed by atoms with E-state index >= 15 is 0 Å². The lowest BCUT2D eigenvalue weighted by Crippen LogP contribution is -2.58. The number of aliphatic hydroxyl groups excluding tert-OH is 2. The highest BCUT2D eigenvalue weighted by Crippen LogP contribution is 2.68. The minimum absolute atomic E-state index is 0.134. The topological polar surface area (TPSA) is 40.5 Å². The van der Waals surface area contributed by atoms with Gasteiger partial charge in [0.25, 0.3) is 0 Å². The van der Waals surface area contributed by atoms with Gasteiger partial charge in [-0.2, -0.15) is 0 Å². The highest BCUT2D eigenvalue weighted by molar-refractivity contribution is 5.11. The van der Waals surface area contributed by atoms with E-state index in [2.05, 4.69) is 41.5 Å². The average Bonchev–Trinajstić information content (AvgIpc) is 3.06. The molecule has 0 spiro atoms. The van der Waals surface area contributed by atoms with Crippen LogP contribution in [0, 0.1) is 58.2 Å². The van der Waals surface area contributed by atoms with E-state index in [0.29, 0.717) is 34.5 Å². The Hall–Kier alpha value is -0.0800. The molecule has 0 aromatic heterocycles. The molecule has 2 nitrogen and oxygen atoms in total. The second kappa shape index (κ2) is 8.94. The third-order valence-corrected chi connectivity index (χ3v) is 11.9. The quantitative estimate of drug-likeness (QED) is 0.471. The summed E-state index contributed by atoms with van der Waals surface area (Å²) in [7, 11) is 0. The molecule has 4 aliphatic carbocycles. The SMILES string of the molecule is CC[C@H](CC[C@@H](C)[C@H]1CCC2[C@@H]3C(O)C[C@@H]4C[C@@H](O)CC[C@]4(C)C3CC[C@@]21C)C(C)C. The molecule has 0 heterocycles. The summed E-state index contributed by atoms with van der Waals surface area (Å²) in [6.45, 7) is 14.9. The van der Waals surface area contributed by atoms with Gasteiger partial charge in [0.15, 0.2) is 0 Å². The predicted molar refractivity (Wildman–Crippen MR) is 130 cm³/mol. The van der Waals surface area contributed by atoms with E-state index in [4.69, 9.17) is 0 Å². The summed E-state index contributed by atoms with van der Waals surface area (Å²) in [6, 6.07) is 0. The van der Waals surface area contributed by atoms with Gasteiger partial charge in [-0.3, -0.25) is 0 Å². The highest BCUT2D eigenvalue weighted by atomic mass is 16.3. The Morgan fingerprint density at radius 1 is 0.839 bits per heavy atom. The zero-order chi connectivity index (χ0) is 22.6. The summed E-state index contributed by atoms with van der Waals surface area (Å²) in [4.78, 5) is 0. The van der Waals surface area contributed by atoms with Gasteiger partial charge in [0.2, 0.25) is 0 Å². The fraction of sp³-hybridized carbons (Fsp3) is 1.00. The first-order chi connectivity index (χ1) is 14.6. The Balaban J connectivity index is 1.49. The monoisotopic (exact) mass is 432 g/mol. The summed E-state index contributed by atoms with van der Waals surface area (Å²) in [5, 5.41) is 21.7. The molecule has 4 fully saturated rings. The van der Waals surface area contributed by atoms with Crippen LogP contribution in [0.2, 0.25) is 0 Å². The van der Waals surface area contributed by atoms with Crippen molar-refractivity contribution < 1.29 is 10.2 Å². The van der Waals surface area contributed by atoms with E-state index in [1.807, 2.05) is 0 Å². The molecule has 0 radical (unpaired) electrons. The van der Waals surface area contributed by atoms with Gasteiger partial charge >= 0.3 is 0 Å². The van der Waals surface area contributed by atoms with Crippen molar-refractivity contribution in [3.05, 3.63) is 0 Å². The lowest BCUT2D eigenvalue weighted by Gasteiger charge is -2.62.